The second kappa shape index (κ2) is 39.3. The van der Waals surface area contributed by atoms with Gasteiger partial charge in [-0.05, 0) is 70.6 Å². The van der Waals surface area contributed by atoms with E-state index in [1.54, 1.807) is 0 Å². The van der Waals surface area contributed by atoms with Gasteiger partial charge in [0.25, 0.3) is 0 Å². The molecule has 4 N–H and O–H groups in total. The average Bonchev–Trinajstić information content (AvgIpc) is 3.17. The second-order valence-corrected chi connectivity index (χ2v) is 16.0. The first-order valence-corrected chi connectivity index (χ1v) is 23.2. The summed E-state index contributed by atoms with van der Waals surface area (Å²) in [5, 5.41) is 21.8. The number of carbonyl (C=O) groups is 3. The summed E-state index contributed by atoms with van der Waals surface area (Å²) in [7, 11) is -4.76. The number of phosphoric acid groups is 1. The molecule has 0 aliphatic heterocycles. The number of hydrogen-bond donors (Lipinski definition) is 4. The normalized spacial score (nSPS) is 14.2. The van der Waals surface area contributed by atoms with Crippen LogP contribution in [-0.2, 0) is 32.7 Å². The first-order chi connectivity index (χ1) is 27.1. The fourth-order valence-electron chi connectivity index (χ4n) is 5.74. The highest BCUT2D eigenvalue weighted by molar-refractivity contribution is 7.47. The molecule has 3 atom stereocenters. The van der Waals surface area contributed by atoms with Crippen LogP contribution >= 0.6 is 7.82 Å². The van der Waals surface area contributed by atoms with Crippen molar-refractivity contribution in [2.24, 2.45) is 0 Å². The van der Waals surface area contributed by atoms with Gasteiger partial charge in [-0.25, -0.2) is 9.36 Å². The van der Waals surface area contributed by atoms with Crippen molar-refractivity contribution in [3.05, 3.63) is 48.6 Å². The summed E-state index contributed by atoms with van der Waals surface area (Å²) in [4.78, 5) is 45.9. The number of aliphatic hydroxyl groups excluding tert-OH is 1. The second-order valence-electron chi connectivity index (χ2n) is 14.5. The Bertz CT molecular complexity index is 1140. The van der Waals surface area contributed by atoms with Crippen LogP contribution in [0.25, 0.3) is 0 Å². The van der Waals surface area contributed by atoms with E-state index in [1.165, 1.54) is 83.5 Å². The Morgan fingerprint density at radius 1 is 0.589 bits per heavy atom. The van der Waals surface area contributed by atoms with E-state index in [9.17, 15) is 34.1 Å². The summed E-state index contributed by atoms with van der Waals surface area (Å²) in [6, 6.07) is -1.55. The van der Waals surface area contributed by atoms with Crippen LogP contribution in [0.4, 0.5) is 0 Å². The molecule has 0 saturated carbocycles. The van der Waals surface area contributed by atoms with E-state index in [0.29, 0.717) is 12.8 Å². The molecule has 0 spiro atoms. The Kier molecular flexibility index (Phi) is 37.5. The highest BCUT2D eigenvalue weighted by Crippen LogP contribution is 2.43. The van der Waals surface area contributed by atoms with Crippen LogP contribution in [0.15, 0.2) is 48.6 Å². The summed E-state index contributed by atoms with van der Waals surface area (Å²) >= 11 is 0. The van der Waals surface area contributed by atoms with E-state index >= 15 is 0 Å². The van der Waals surface area contributed by atoms with Gasteiger partial charge in [0, 0.05) is 12.8 Å². The zero-order valence-corrected chi connectivity index (χ0v) is 35.8. The van der Waals surface area contributed by atoms with Crippen LogP contribution in [0.3, 0.4) is 0 Å². The number of carboxylic acid groups (broad SMARTS) is 1. The Hall–Kier alpha value is -2.56. The molecule has 11 nitrogen and oxygen atoms in total. The number of amides is 1. The number of unbranched alkanes of at least 4 members (excludes halogenated alkanes) is 18. The molecule has 0 bridgehead atoms. The van der Waals surface area contributed by atoms with Gasteiger partial charge < -0.3 is 25.2 Å². The minimum atomic E-state index is -4.76. The maximum Gasteiger partial charge on any atom is 0.472 e. The Balaban J connectivity index is 3.93. The van der Waals surface area contributed by atoms with Crippen LogP contribution < -0.4 is 5.32 Å². The third-order valence-corrected chi connectivity index (χ3v) is 10.1. The standard InChI is InChI=1S/C44H78NO10P/c1-3-5-7-9-11-13-15-17-18-19-20-21-22-24-25-27-29-31-33-35-42(47)45-41(44(49)50)39-55-56(51,52)54-38-40(46)37-53-43(48)36-34-32-30-28-26-23-16-14-12-10-8-6-4-2/h6,8,12,14,17-18,23,26,40-41,46H,3-5,7,9-11,13,15-16,19-22,24-25,27-39H2,1-2H3,(H,45,47)(H,49,50)(H,51,52)/b8-6-,14-12-,18-17+,26-23-. The molecular formula is C44H78NO10P. The van der Waals surface area contributed by atoms with Crippen LogP contribution in [0, 0.1) is 0 Å². The van der Waals surface area contributed by atoms with E-state index < -0.39 is 57.6 Å². The zero-order valence-electron chi connectivity index (χ0n) is 34.9. The van der Waals surface area contributed by atoms with E-state index in [0.717, 1.165) is 57.8 Å². The summed E-state index contributed by atoms with van der Waals surface area (Å²) < 4.78 is 26.8. The molecule has 56 heavy (non-hydrogen) atoms. The topological polar surface area (TPSA) is 169 Å². The number of nitrogens with one attached hydrogen (secondary N) is 1. The molecular weight excluding hydrogens is 733 g/mol. The van der Waals surface area contributed by atoms with Gasteiger partial charge in [-0.1, -0.05) is 146 Å². The number of esters is 1. The lowest BCUT2D eigenvalue weighted by molar-refractivity contribution is -0.147. The molecule has 1 amide bonds. The minimum Gasteiger partial charge on any atom is -0.480 e. The van der Waals surface area contributed by atoms with Gasteiger partial charge in [-0.2, -0.15) is 0 Å². The van der Waals surface area contributed by atoms with Crippen LogP contribution in [0.1, 0.15) is 181 Å². The maximum atomic E-state index is 12.3. The molecule has 0 aliphatic carbocycles. The first kappa shape index (κ1) is 53.4. The fourth-order valence-corrected chi connectivity index (χ4v) is 6.51. The predicted molar refractivity (Wildman–Crippen MR) is 226 cm³/mol. The number of rotatable bonds is 40. The Morgan fingerprint density at radius 3 is 1.59 bits per heavy atom. The number of hydrogen-bond acceptors (Lipinski definition) is 8. The molecule has 0 aromatic carbocycles. The van der Waals surface area contributed by atoms with Crippen molar-refractivity contribution in [3.8, 4) is 0 Å². The molecule has 0 radical (unpaired) electrons. The maximum absolute atomic E-state index is 12.3. The van der Waals surface area contributed by atoms with E-state index in [-0.39, 0.29) is 12.8 Å². The van der Waals surface area contributed by atoms with Crippen LogP contribution in [0.2, 0.25) is 0 Å². The molecule has 0 aromatic heterocycles. The zero-order chi connectivity index (χ0) is 41.4. The minimum absolute atomic E-state index is 0.140. The Morgan fingerprint density at radius 2 is 1.04 bits per heavy atom. The summed E-state index contributed by atoms with van der Waals surface area (Å²) in [6.07, 6.45) is 42.8. The SMILES string of the molecule is CC/C=C\C/C=C\C/C=C\CCCCCC(=O)OCC(O)COP(=O)(O)OCC(NC(=O)CCCCCCCCCCC/C=C/CCCCCCCC)C(=O)O. The molecule has 0 rings (SSSR count). The van der Waals surface area contributed by atoms with Gasteiger partial charge in [-0.15, -0.1) is 0 Å². The average molecular weight is 812 g/mol. The van der Waals surface area contributed by atoms with Crippen molar-refractivity contribution in [1.29, 1.82) is 0 Å². The molecule has 0 aliphatic rings. The van der Waals surface area contributed by atoms with Gasteiger partial charge in [0.1, 0.15) is 12.7 Å². The quantitative estimate of drug-likeness (QED) is 0.0202. The van der Waals surface area contributed by atoms with E-state index in [4.69, 9.17) is 13.8 Å². The van der Waals surface area contributed by atoms with Crippen molar-refractivity contribution in [3.63, 3.8) is 0 Å². The predicted octanol–water partition coefficient (Wildman–Crippen LogP) is 11.0. The van der Waals surface area contributed by atoms with E-state index in [2.05, 4.69) is 67.8 Å². The molecule has 12 heteroatoms. The third kappa shape index (κ3) is 38.3. The Labute approximate surface area is 339 Å². The third-order valence-electron chi connectivity index (χ3n) is 9.10. The molecule has 0 fully saturated rings. The van der Waals surface area contributed by atoms with Crippen molar-refractivity contribution >= 4 is 25.7 Å². The first-order valence-electron chi connectivity index (χ1n) is 21.7. The number of phosphoric ester groups is 1. The van der Waals surface area contributed by atoms with Crippen molar-refractivity contribution in [1.82, 2.24) is 5.32 Å². The summed E-state index contributed by atoms with van der Waals surface area (Å²) in [5.41, 5.74) is 0. The van der Waals surface area contributed by atoms with Crippen LogP contribution in [0.5, 0.6) is 0 Å². The summed E-state index contributed by atoms with van der Waals surface area (Å²) in [6.45, 7) is 2.44. The molecule has 324 valence electrons. The smallest absolute Gasteiger partial charge is 0.472 e. The number of aliphatic hydroxyl groups is 1. The highest BCUT2D eigenvalue weighted by Gasteiger charge is 2.28. The lowest BCUT2D eigenvalue weighted by Gasteiger charge is -2.18. The molecule has 0 heterocycles. The number of carboxylic acids is 1. The lowest BCUT2D eigenvalue weighted by Crippen LogP contribution is -2.43. The number of aliphatic carboxylic acids is 1. The largest absolute Gasteiger partial charge is 0.480 e. The van der Waals surface area contributed by atoms with Crippen molar-refractivity contribution in [2.75, 3.05) is 19.8 Å². The molecule has 0 saturated heterocycles. The van der Waals surface area contributed by atoms with Crippen molar-refractivity contribution < 1.29 is 47.8 Å². The summed E-state index contributed by atoms with van der Waals surface area (Å²) in [5.74, 6) is -2.41. The van der Waals surface area contributed by atoms with Gasteiger partial charge in [-0.3, -0.25) is 18.6 Å². The lowest BCUT2D eigenvalue weighted by atomic mass is 10.1. The molecule has 0 aromatic rings. The number of carbonyl (C=O) groups excluding carboxylic acids is 2. The number of allylic oxidation sites excluding steroid dienone is 8. The van der Waals surface area contributed by atoms with E-state index in [1.807, 2.05) is 0 Å². The fraction of sp³-hybridized carbons (Fsp3) is 0.750. The monoisotopic (exact) mass is 812 g/mol. The van der Waals surface area contributed by atoms with Crippen molar-refractivity contribution in [2.45, 2.75) is 193 Å². The van der Waals surface area contributed by atoms with Crippen LogP contribution in [-0.4, -0.2) is 64.9 Å². The van der Waals surface area contributed by atoms with Gasteiger partial charge >= 0.3 is 19.8 Å². The van der Waals surface area contributed by atoms with Gasteiger partial charge in [0.05, 0.1) is 13.2 Å². The highest BCUT2D eigenvalue weighted by atomic mass is 31.2. The van der Waals surface area contributed by atoms with Gasteiger partial charge in [0.15, 0.2) is 6.04 Å². The van der Waals surface area contributed by atoms with Gasteiger partial charge in [0.2, 0.25) is 5.91 Å². The number of ether oxygens (including phenoxy) is 1. The molecule has 3 unspecified atom stereocenters.